The van der Waals surface area contributed by atoms with Gasteiger partial charge in [-0.15, -0.1) is 0 Å². The first kappa shape index (κ1) is 17.8. The molecule has 3 rings (SSSR count). The number of aromatic nitrogens is 1. The minimum atomic E-state index is -0.294. The van der Waals surface area contributed by atoms with E-state index < -0.39 is 0 Å². The van der Waals surface area contributed by atoms with Crippen molar-refractivity contribution in [3.63, 3.8) is 0 Å². The number of pyridine rings is 1. The van der Waals surface area contributed by atoms with E-state index in [1.807, 2.05) is 43.3 Å². The summed E-state index contributed by atoms with van der Waals surface area (Å²) >= 11 is 5.84. The van der Waals surface area contributed by atoms with Gasteiger partial charge in [-0.1, -0.05) is 23.7 Å². The minimum absolute atomic E-state index is 0.261. The quantitative estimate of drug-likeness (QED) is 0.609. The van der Waals surface area contributed by atoms with E-state index in [0.717, 1.165) is 5.75 Å². The van der Waals surface area contributed by atoms with Crippen molar-refractivity contribution in [3.05, 3.63) is 77.6 Å². The smallest absolute Gasteiger partial charge is 0.255 e. The van der Waals surface area contributed by atoms with Gasteiger partial charge in [0, 0.05) is 11.8 Å². The molecular formula is C20H17ClN2O3. The van der Waals surface area contributed by atoms with Gasteiger partial charge in [0.15, 0.2) is 5.75 Å². The van der Waals surface area contributed by atoms with Crippen LogP contribution in [0.25, 0.3) is 0 Å². The number of carbonyl (C=O) groups excluding carboxylic acids is 1. The van der Waals surface area contributed by atoms with E-state index in [1.165, 1.54) is 12.3 Å². The third kappa shape index (κ3) is 4.52. The molecular weight excluding hydrogens is 352 g/mol. The number of hydrogen-bond donors (Lipinski definition) is 1. The Morgan fingerprint density at radius 2 is 1.81 bits per heavy atom. The van der Waals surface area contributed by atoms with Crippen molar-refractivity contribution in [2.45, 2.75) is 6.92 Å². The summed E-state index contributed by atoms with van der Waals surface area (Å²) < 4.78 is 11.3. The molecule has 0 aliphatic carbocycles. The van der Waals surface area contributed by atoms with Crippen LogP contribution in [0.1, 0.15) is 17.3 Å². The highest BCUT2D eigenvalue weighted by Crippen LogP contribution is 2.30. The van der Waals surface area contributed by atoms with Crippen molar-refractivity contribution in [2.75, 3.05) is 11.9 Å². The van der Waals surface area contributed by atoms with Crippen LogP contribution in [0.5, 0.6) is 17.2 Å². The van der Waals surface area contributed by atoms with Crippen LogP contribution >= 0.6 is 11.6 Å². The summed E-state index contributed by atoms with van der Waals surface area (Å²) in [5, 5.41) is 3.09. The number of para-hydroxylation sites is 2. The number of nitrogens with zero attached hydrogens (tertiary/aromatic N) is 1. The first-order chi connectivity index (χ1) is 12.7. The van der Waals surface area contributed by atoms with Crippen LogP contribution in [-0.2, 0) is 0 Å². The lowest BCUT2D eigenvalue weighted by molar-refractivity contribution is 0.102. The summed E-state index contributed by atoms with van der Waals surface area (Å²) in [5.74, 6) is 1.65. The number of hydrogen-bond acceptors (Lipinski definition) is 4. The Morgan fingerprint density at radius 1 is 1.08 bits per heavy atom. The predicted octanol–water partition coefficient (Wildman–Crippen LogP) is 5.18. The van der Waals surface area contributed by atoms with E-state index in [2.05, 4.69) is 10.3 Å². The number of benzene rings is 2. The van der Waals surface area contributed by atoms with Crippen LogP contribution in [-0.4, -0.2) is 17.5 Å². The standard InChI is InChI=1S/C20H17ClN2O3/c1-2-25-15-7-9-16(10-8-15)26-18-6-4-3-5-17(18)23-20(24)14-11-12-22-19(21)13-14/h3-13H,2H2,1H3,(H,23,24). The normalized spacial score (nSPS) is 10.2. The first-order valence-electron chi connectivity index (χ1n) is 8.08. The topological polar surface area (TPSA) is 60.5 Å². The van der Waals surface area contributed by atoms with E-state index in [4.69, 9.17) is 21.1 Å². The zero-order valence-corrected chi connectivity index (χ0v) is 14.9. The SMILES string of the molecule is CCOc1ccc(Oc2ccccc2NC(=O)c2ccnc(Cl)c2)cc1. The van der Waals surface area contributed by atoms with Gasteiger partial charge >= 0.3 is 0 Å². The molecule has 0 aliphatic rings. The van der Waals surface area contributed by atoms with Gasteiger partial charge in [-0.2, -0.15) is 0 Å². The Hall–Kier alpha value is -3.05. The van der Waals surface area contributed by atoms with Crippen LogP contribution in [0.15, 0.2) is 66.9 Å². The van der Waals surface area contributed by atoms with Crippen molar-refractivity contribution in [1.29, 1.82) is 0 Å². The molecule has 1 aromatic heterocycles. The molecule has 0 aliphatic heterocycles. The van der Waals surface area contributed by atoms with Crippen molar-refractivity contribution in [1.82, 2.24) is 4.98 Å². The van der Waals surface area contributed by atoms with Gasteiger partial charge in [0.2, 0.25) is 0 Å². The lowest BCUT2D eigenvalue weighted by Gasteiger charge is -2.13. The van der Waals surface area contributed by atoms with Gasteiger partial charge in [0.25, 0.3) is 5.91 Å². The molecule has 26 heavy (non-hydrogen) atoms. The number of rotatable bonds is 6. The second-order valence-corrected chi connectivity index (χ2v) is 5.71. The van der Waals surface area contributed by atoms with Crippen molar-refractivity contribution >= 4 is 23.2 Å². The second kappa shape index (κ2) is 8.36. The van der Waals surface area contributed by atoms with E-state index in [9.17, 15) is 4.79 Å². The number of anilines is 1. The lowest BCUT2D eigenvalue weighted by atomic mass is 10.2. The number of carbonyl (C=O) groups is 1. The molecule has 3 aromatic rings. The number of halogens is 1. The Labute approximate surface area is 156 Å². The van der Waals surface area contributed by atoms with Crippen LogP contribution < -0.4 is 14.8 Å². The molecule has 0 saturated heterocycles. The highest BCUT2D eigenvalue weighted by atomic mass is 35.5. The lowest BCUT2D eigenvalue weighted by Crippen LogP contribution is -2.12. The summed E-state index contributed by atoms with van der Waals surface area (Å²) in [6.45, 7) is 2.54. The highest BCUT2D eigenvalue weighted by molar-refractivity contribution is 6.29. The number of ether oxygens (including phenoxy) is 2. The van der Waals surface area contributed by atoms with Crippen LogP contribution in [0.3, 0.4) is 0 Å². The molecule has 2 aromatic carbocycles. The average Bonchev–Trinajstić information content (AvgIpc) is 2.65. The molecule has 6 heteroatoms. The Kier molecular flexibility index (Phi) is 5.71. The highest BCUT2D eigenvalue weighted by Gasteiger charge is 2.11. The van der Waals surface area contributed by atoms with Crippen LogP contribution in [0.2, 0.25) is 5.15 Å². The fraction of sp³-hybridized carbons (Fsp3) is 0.100. The van der Waals surface area contributed by atoms with Gasteiger partial charge < -0.3 is 14.8 Å². The van der Waals surface area contributed by atoms with Crippen molar-refractivity contribution in [3.8, 4) is 17.2 Å². The molecule has 132 valence electrons. The molecule has 1 heterocycles. The molecule has 1 N–H and O–H groups in total. The first-order valence-corrected chi connectivity index (χ1v) is 8.46. The average molecular weight is 369 g/mol. The summed E-state index contributed by atoms with van der Waals surface area (Å²) in [5.41, 5.74) is 0.972. The van der Waals surface area contributed by atoms with E-state index in [1.54, 1.807) is 18.2 Å². The molecule has 0 fully saturated rings. The van der Waals surface area contributed by atoms with E-state index >= 15 is 0 Å². The van der Waals surface area contributed by atoms with E-state index in [-0.39, 0.29) is 11.1 Å². The van der Waals surface area contributed by atoms with Gasteiger partial charge in [-0.05, 0) is 55.5 Å². The molecule has 0 atom stereocenters. The molecule has 0 unspecified atom stereocenters. The molecule has 0 bridgehead atoms. The largest absolute Gasteiger partial charge is 0.494 e. The Morgan fingerprint density at radius 3 is 2.54 bits per heavy atom. The predicted molar refractivity (Wildman–Crippen MR) is 101 cm³/mol. The summed E-state index contributed by atoms with van der Waals surface area (Å²) in [7, 11) is 0. The third-order valence-corrected chi connectivity index (χ3v) is 3.69. The van der Waals surface area contributed by atoms with Gasteiger partial charge in [-0.3, -0.25) is 4.79 Å². The zero-order chi connectivity index (χ0) is 18.4. The van der Waals surface area contributed by atoms with Crippen molar-refractivity contribution < 1.29 is 14.3 Å². The molecule has 0 spiro atoms. The van der Waals surface area contributed by atoms with E-state index in [0.29, 0.717) is 29.4 Å². The van der Waals surface area contributed by atoms with Gasteiger partial charge in [0.1, 0.15) is 16.7 Å². The number of amides is 1. The Bertz CT molecular complexity index is 898. The maximum Gasteiger partial charge on any atom is 0.255 e. The minimum Gasteiger partial charge on any atom is -0.494 e. The maximum absolute atomic E-state index is 12.4. The maximum atomic E-state index is 12.4. The molecule has 0 saturated carbocycles. The third-order valence-electron chi connectivity index (χ3n) is 3.49. The summed E-state index contributed by atoms with van der Waals surface area (Å²) in [6.07, 6.45) is 1.49. The molecule has 1 amide bonds. The summed E-state index contributed by atoms with van der Waals surface area (Å²) in [6, 6.07) is 17.6. The second-order valence-electron chi connectivity index (χ2n) is 5.32. The zero-order valence-electron chi connectivity index (χ0n) is 14.1. The monoisotopic (exact) mass is 368 g/mol. The van der Waals surface area contributed by atoms with Crippen molar-refractivity contribution in [2.24, 2.45) is 0 Å². The molecule has 5 nitrogen and oxygen atoms in total. The van der Waals surface area contributed by atoms with Crippen LogP contribution in [0, 0.1) is 0 Å². The Balaban J connectivity index is 1.76. The van der Waals surface area contributed by atoms with Gasteiger partial charge in [0.05, 0.1) is 12.3 Å². The fourth-order valence-corrected chi connectivity index (χ4v) is 2.47. The van der Waals surface area contributed by atoms with Crippen LogP contribution in [0.4, 0.5) is 5.69 Å². The van der Waals surface area contributed by atoms with Gasteiger partial charge in [-0.25, -0.2) is 4.98 Å². The fourth-order valence-electron chi connectivity index (χ4n) is 2.29. The summed E-state index contributed by atoms with van der Waals surface area (Å²) in [4.78, 5) is 16.3. The number of nitrogens with one attached hydrogen (secondary N) is 1. The molecule has 0 radical (unpaired) electrons.